The molecule has 3 unspecified atom stereocenters. The lowest BCUT2D eigenvalue weighted by Gasteiger charge is -2.32. The maximum Gasteiger partial charge on any atom is 0.462 e. The molecule has 1 saturated carbocycles. The minimum absolute atomic E-state index is 0.105. The van der Waals surface area contributed by atoms with Crippen LogP contribution in [0.3, 0.4) is 0 Å². The van der Waals surface area contributed by atoms with Crippen molar-refractivity contribution in [2.45, 2.75) is 57.6 Å². The average Bonchev–Trinajstić information content (AvgIpc) is 2.94. The van der Waals surface area contributed by atoms with E-state index in [0.29, 0.717) is 17.7 Å². The van der Waals surface area contributed by atoms with E-state index in [4.69, 9.17) is 9.31 Å². The van der Waals surface area contributed by atoms with Crippen LogP contribution in [-0.4, -0.2) is 23.3 Å². The molecule has 1 saturated heterocycles. The van der Waals surface area contributed by atoms with Crippen molar-refractivity contribution in [2.75, 3.05) is 0 Å². The Labute approximate surface area is 115 Å². The van der Waals surface area contributed by atoms with Gasteiger partial charge in [-0.3, -0.25) is 4.98 Å². The Bertz CT molecular complexity index is 458. The van der Waals surface area contributed by atoms with E-state index in [9.17, 15) is 0 Å². The van der Waals surface area contributed by atoms with E-state index in [1.165, 1.54) is 0 Å². The Kier molecular flexibility index (Phi) is 2.81. The molecule has 2 aliphatic rings. The summed E-state index contributed by atoms with van der Waals surface area (Å²) >= 11 is 0. The van der Waals surface area contributed by atoms with Gasteiger partial charge in [0.15, 0.2) is 0 Å². The minimum atomic E-state index is -0.241. The first-order valence-electron chi connectivity index (χ1n) is 7.10. The third kappa shape index (κ3) is 2.02. The molecule has 1 aromatic heterocycles. The summed E-state index contributed by atoms with van der Waals surface area (Å²) < 4.78 is 12.3. The first-order chi connectivity index (χ1) is 8.83. The quantitative estimate of drug-likeness (QED) is 0.764. The molecule has 1 aliphatic carbocycles. The maximum atomic E-state index is 6.16. The molecule has 0 aromatic carbocycles. The molecule has 1 aliphatic heterocycles. The number of hydrogen-bond donors (Lipinski definition) is 0. The summed E-state index contributed by atoms with van der Waals surface area (Å²) in [6.07, 6.45) is 1.86. The second kappa shape index (κ2) is 4.06. The van der Waals surface area contributed by atoms with Gasteiger partial charge in [-0.25, -0.2) is 0 Å². The molecular weight excluding hydrogens is 237 g/mol. The van der Waals surface area contributed by atoms with Crippen LogP contribution in [0.4, 0.5) is 0 Å². The normalized spacial score (nSPS) is 35.4. The van der Waals surface area contributed by atoms with Gasteiger partial charge >= 0.3 is 7.12 Å². The van der Waals surface area contributed by atoms with E-state index in [1.807, 2.05) is 12.3 Å². The smallest absolute Gasteiger partial charge is 0.403 e. The predicted octanol–water partition coefficient (Wildman–Crippen LogP) is 3.28. The van der Waals surface area contributed by atoms with Crippen molar-refractivity contribution in [1.29, 1.82) is 0 Å². The molecule has 0 bridgehead atoms. The SMILES string of the molecule is CC1C(B2OC(C)(C)C(C)(C)O2)C1c1ccccn1. The highest BCUT2D eigenvalue weighted by Gasteiger charge is 2.63. The molecule has 19 heavy (non-hydrogen) atoms. The highest BCUT2D eigenvalue weighted by Crippen LogP contribution is 2.62. The van der Waals surface area contributed by atoms with E-state index in [1.54, 1.807) is 0 Å². The summed E-state index contributed by atoms with van der Waals surface area (Å²) in [6, 6.07) is 6.11. The number of rotatable bonds is 2. The van der Waals surface area contributed by atoms with Gasteiger partial charge in [-0.15, -0.1) is 0 Å². The Morgan fingerprint density at radius 2 is 1.74 bits per heavy atom. The number of pyridine rings is 1. The lowest BCUT2D eigenvalue weighted by molar-refractivity contribution is 0.00578. The lowest BCUT2D eigenvalue weighted by Crippen LogP contribution is -2.41. The van der Waals surface area contributed by atoms with E-state index < -0.39 is 0 Å². The molecule has 102 valence electrons. The highest BCUT2D eigenvalue weighted by atomic mass is 16.7. The van der Waals surface area contributed by atoms with Crippen LogP contribution in [0.1, 0.15) is 46.2 Å². The zero-order chi connectivity index (χ0) is 13.8. The van der Waals surface area contributed by atoms with Crippen LogP contribution < -0.4 is 0 Å². The van der Waals surface area contributed by atoms with Crippen LogP contribution in [0.15, 0.2) is 24.4 Å². The van der Waals surface area contributed by atoms with Gasteiger partial charge in [-0.1, -0.05) is 13.0 Å². The van der Waals surface area contributed by atoms with Crippen molar-refractivity contribution >= 4 is 7.12 Å². The Morgan fingerprint density at radius 1 is 1.11 bits per heavy atom. The van der Waals surface area contributed by atoms with Gasteiger partial charge in [0.05, 0.1) is 11.2 Å². The van der Waals surface area contributed by atoms with E-state index >= 15 is 0 Å². The molecule has 2 fully saturated rings. The molecular formula is C15H22BNO2. The third-order valence-electron chi connectivity index (χ3n) is 5.06. The zero-order valence-electron chi connectivity index (χ0n) is 12.4. The molecule has 0 spiro atoms. The first-order valence-corrected chi connectivity index (χ1v) is 7.10. The van der Waals surface area contributed by atoms with Crippen molar-refractivity contribution in [3.63, 3.8) is 0 Å². The summed E-state index contributed by atoms with van der Waals surface area (Å²) in [5, 5.41) is 0. The second-order valence-corrected chi connectivity index (χ2v) is 6.84. The monoisotopic (exact) mass is 259 g/mol. The molecule has 3 atom stereocenters. The molecule has 0 radical (unpaired) electrons. The standard InChI is InChI=1S/C15H22BNO2/c1-10-12(11-8-6-7-9-17-11)13(10)16-18-14(2,3)15(4,5)19-16/h6-10,12-13H,1-5H3. The van der Waals surface area contributed by atoms with Crippen molar-refractivity contribution in [2.24, 2.45) is 5.92 Å². The molecule has 3 nitrogen and oxygen atoms in total. The summed E-state index contributed by atoms with van der Waals surface area (Å²) in [4.78, 5) is 4.47. The summed E-state index contributed by atoms with van der Waals surface area (Å²) in [5.74, 6) is 1.47. The van der Waals surface area contributed by atoms with Crippen LogP contribution in [0.5, 0.6) is 0 Å². The van der Waals surface area contributed by atoms with Crippen LogP contribution in [0, 0.1) is 5.92 Å². The van der Waals surface area contributed by atoms with Crippen molar-refractivity contribution in [3.05, 3.63) is 30.1 Å². The Balaban J connectivity index is 1.77. The number of nitrogens with zero attached hydrogens (tertiary/aromatic N) is 1. The zero-order valence-corrected chi connectivity index (χ0v) is 12.4. The number of aromatic nitrogens is 1. The van der Waals surface area contributed by atoms with Crippen LogP contribution in [0.2, 0.25) is 5.82 Å². The van der Waals surface area contributed by atoms with Crippen LogP contribution in [0.25, 0.3) is 0 Å². The van der Waals surface area contributed by atoms with Gasteiger partial charge in [0.2, 0.25) is 0 Å². The van der Waals surface area contributed by atoms with Gasteiger partial charge in [0.25, 0.3) is 0 Å². The second-order valence-electron chi connectivity index (χ2n) is 6.84. The van der Waals surface area contributed by atoms with Gasteiger partial charge in [-0.2, -0.15) is 0 Å². The molecule has 3 rings (SSSR count). The number of hydrogen-bond acceptors (Lipinski definition) is 3. The molecule has 1 aromatic rings. The molecule has 0 N–H and O–H groups in total. The fourth-order valence-electron chi connectivity index (χ4n) is 3.00. The first kappa shape index (κ1) is 13.1. The highest BCUT2D eigenvalue weighted by molar-refractivity contribution is 6.49. The maximum absolute atomic E-state index is 6.16. The largest absolute Gasteiger partial charge is 0.462 e. The van der Waals surface area contributed by atoms with Gasteiger partial charge < -0.3 is 9.31 Å². The Morgan fingerprint density at radius 3 is 2.26 bits per heavy atom. The molecule has 0 amide bonds. The molecule has 4 heteroatoms. The summed E-state index contributed by atoms with van der Waals surface area (Å²) in [7, 11) is -0.105. The van der Waals surface area contributed by atoms with Crippen LogP contribution >= 0.6 is 0 Å². The fraction of sp³-hybridized carbons (Fsp3) is 0.667. The lowest BCUT2D eigenvalue weighted by atomic mass is 9.79. The van der Waals surface area contributed by atoms with Crippen molar-refractivity contribution in [1.82, 2.24) is 4.98 Å². The summed E-state index contributed by atoms with van der Waals surface area (Å²) in [6.45, 7) is 10.7. The van der Waals surface area contributed by atoms with Crippen LogP contribution in [-0.2, 0) is 9.31 Å². The topological polar surface area (TPSA) is 31.4 Å². The van der Waals surface area contributed by atoms with Gasteiger partial charge in [0.1, 0.15) is 0 Å². The summed E-state index contributed by atoms with van der Waals surface area (Å²) in [5.41, 5.74) is 0.679. The van der Waals surface area contributed by atoms with E-state index in [-0.39, 0.29) is 18.3 Å². The van der Waals surface area contributed by atoms with Gasteiger partial charge in [-0.05, 0) is 45.7 Å². The molecule has 2 heterocycles. The van der Waals surface area contributed by atoms with Gasteiger partial charge in [0, 0.05) is 23.6 Å². The fourth-order valence-corrected chi connectivity index (χ4v) is 3.00. The predicted molar refractivity (Wildman–Crippen MR) is 76.0 cm³/mol. The van der Waals surface area contributed by atoms with E-state index in [2.05, 4.69) is 51.7 Å². The van der Waals surface area contributed by atoms with E-state index in [0.717, 1.165) is 5.69 Å². The van der Waals surface area contributed by atoms with Crippen molar-refractivity contribution < 1.29 is 9.31 Å². The third-order valence-corrected chi connectivity index (χ3v) is 5.06. The minimum Gasteiger partial charge on any atom is -0.403 e. The Hall–Kier alpha value is -0.865. The van der Waals surface area contributed by atoms with Crippen molar-refractivity contribution in [3.8, 4) is 0 Å². The average molecular weight is 259 g/mol.